The zero-order valence-corrected chi connectivity index (χ0v) is 14.7. The van der Waals surface area contributed by atoms with Crippen LogP contribution < -0.4 is 0 Å². The van der Waals surface area contributed by atoms with Crippen molar-refractivity contribution in [2.75, 3.05) is 6.61 Å². The maximum atomic E-state index is 10.5. The Balaban J connectivity index is 0.000000462. The molecule has 0 saturated heterocycles. The maximum Gasteiger partial charge on any atom is 0.377 e. The minimum Gasteiger partial charge on any atom is -0.505 e. The fourth-order valence-electron chi connectivity index (χ4n) is 2.23. The van der Waals surface area contributed by atoms with E-state index >= 15 is 0 Å². The van der Waals surface area contributed by atoms with E-state index in [1.165, 1.54) is 38.5 Å². The molecule has 1 aliphatic heterocycles. The number of esters is 1. The van der Waals surface area contributed by atoms with Crippen LogP contribution >= 0.6 is 0 Å². The molecular formula is C17H30O8. The van der Waals surface area contributed by atoms with E-state index in [0.29, 0.717) is 6.42 Å². The Morgan fingerprint density at radius 1 is 1.08 bits per heavy atom. The second kappa shape index (κ2) is 13.5. The zero-order chi connectivity index (χ0) is 19.2. The Hall–Kier alpha value is -1.80. The van der Waals surface area contributed by atoms with Crippen LogP contribution in [-0.4, -0.2) is 56.3 Å². The van der Waals surface area contributed by atoms with Crippen molar-refractivity contribution in [3.8, 4) is 0 Å². The number of carbonyl (C=O) groups excluding carboxylic acids is 1. The molecule has 0 radical (unpaired) electrons. The van der Waals surface area contributed by atoms with E-state index in [1.54, 1.807) is 0 Å². The van der Waals surface area contributed by atoms with Gasteiger partial charge in [-0.05, 0) is 6.42 Å². The molecule has 0 unspecified atom stereocenters. The number of carboxylic acid groups (broad SMARTS) is 1. The summed E-state index contributed by atoms with van der Waals surface area (Å²) in [6.45, 7) is 1.54. The molecule has 0 saturated carbocycles. The fraction of sp³-hybridized carbons (Fsp3) is 0.765. The number of rotatable bonds is 11. The van der Waals surface area contributed by atoms with Crippen molar-refractivity contribution in [1.82, 2.24) is 0 Å². The van der Waals surface area contributed by atoms with Crippen molar-refractivity contribution in [1.29, 1.82) is 0 Å². The summed E-state index contributed by atoms with van der Waals surface area (Å²) in [5.41, 5.74) is 0. The SMILES string of the molecule is CCCCCCCCCCC(=O)O.O=C1O[C@H]([C@@H](O)CO)C(O)=C1O. The quantitative estimate of drug-likeness (QED) is 0.278. The normalized spacial score (nSPS) is 17.7. The van der Waals surface area contributed by atoms with E-state index in [2.05, 4.69) is 11.7 Å². The van der Waals surface area contributed by atoms with Crippen LogP contribution in [0, 0.1) is 0 Å². The summed E-state index contributed by atoms with van der Waals surface area (Å²) >= 11 is 0. The zero-order valence-electron chi connectivity index (χ0n) is 14.7. The minimum absolute atomic E-state index is 0.342. The Morgan fingerprint density at radius 3 is 2.00 bits per heavy atom. The molecule has 1 heterocycles. The summed E-state index contributed by atoms with van der Waals surface area (Å²) in [5, 5.41) is 43.4. The molecule has 25 heavy (non-hydrogen) atoms. The molecule has 0 aliphatic carbocycles. The van der Waals surface area contributed by atoms with Crippen molar-refractivity contribution in [3.63, 3.8) is 0 Å². The van der Waals surface area contributed by atoms with Crippen molar-refractivity contribution in [3.05, 3.63) is 11.5 Å². The number of aliphatic hydroxyl groups excluding tert-OH is 4. The molecular weight excluding hydrogens is 332 g/mol. The van der Waals surface area contributed by atoms with Gasteiger partial charge < -0.3 is 30.3 Å². The number of carboxylic acids is 1. The number of aliphatic hydroxyl groups is 4. The molecule has 0 fully saturated rings. The molecule has 0 bridgehead atoms. The lowest BCUT2D eigenvalue weighted by molar-refractivity contribution is -0.147. The number of carbonyl (C=O) groups is 2. The molecule has 0 aromatic carbocycles. The average Bonchev–Trinajstić information content (AvgIpc) is 2.84. The average molecular weight is 362 g/mol. The first-order chi connectivity index (χ1) is 11.8. The van der Waals surface area contributed by atoms with E-state index in [4.69, 9.17) is 25.5 Å². The minimum atomic E-state index is -1.42. The molecule has 1 rings (SSSR count). The van der Waals surface area contributed by atoms with Gasteiger partial charge in [-0.3, -0.25) is 4.79 Å². The lowest BCUT2D eigenvalue weighted by Gasteiger charge is -2.13. The van der Waals surface area contributed by atoms with Crippen LogP contribution in [0.5, 0.6) is 0 Å². The Bertz CT molecular complexity index is 432. The predicted molar refractivity (Wildman–Crippen MR) is 90.1 cm³/mol. The van der Waals surface area contributed by atoms with Crippen LogP contribution in [-0.2, 0) is 14.3 Å². The maximum absolute atomic E-state index is 10.5. The van der Waals surface area contributed by atoms with Crippen LogP contribution in [0.2, 0.25) is 0 Å². The monoisotopic (exact) mass is 362 g/mol. The van der Waals surface area contributed by atoms with Gasteiger partial charge in [0, 0.05) is 6.42 Å². The molecule has 2 atom stereocenters. The molecule has 0 aromatic heterocycles. The molecule has 5 N–H and O–H groups in total. The first kappa shape index (κ1) is 23.2. The number of ether oxygens (including phenoxy) is 1. The highest BCUT2D eigenvalue weighted by Gasteiger charge is 2.38. The molecule has 0 aromatic rings. The van der Waals surface area contributed by atoms with Gasteiger partial charge >= 0.3 is 11.9 Å². The first-order valence-corrected chi connectivity index (χ1v) is 8.68. The number of hydrogen-bond acceptors (Lipinski definition) is 7. The van der Waals surface area contributed by atoms with E-state index in [-0.39, 0.29) is 0 Å². The van der Waals surface area contributed by atoms with Gasteiger partial charge in [-0.1, -0.05) is 51.9 Å². The lowest BCUT2D eigenvalue weighted by Crippen LogP contribution is -2.31. The number of hydrogen-bond donors (Lipinski definition) is 5. The third-order valence-electron chi connectivity index (χ3n) is 3.72. The topological polar surface area (TPSA) is 145 Å². The van der Waals surface area contributed by atoms with Crippen molar-refractivity contribution in [2.24, 2.45) is 0 Å². The third-order valence-corrected chi connectivity index (χ3v) is 3.72. The highest BCUT2D eigenvalue weighted by molar-refractivity contribution is 5.89. The smallest absolute Gasteiger partial charge is 0.377 e. The Kier molecular flexibility index (Phi) is 12.5. The van der Waals surface area contributed by atoms with Gasteiger partial charge in [0.05, 0.1) is 6.61 Å². The summed E-state index contributed by atoms with van der Waals surface area (Å²) in [4.78, 5) is 20.7. The number of unbranched alkanes of at least 4 members (excludes halogenated alkanes) is 7. The molecule has 0 spiro atoms. The Morgan fingerprint density at radius 2 is 1.60 bits per heavy atom. The van der Waals surface area contributed by atoms with Gasteiger partial charge in [-0.25, -0.2) is 4.79 Å². The molecule has 0 amide bonds. The van der Waals surface area contributed by atoms with Crippen molar-refractivity contribution >= 4 is 11.9 Å². The predicted octanol–water partition coefficient (Wildman–Crippen LogP) is 2.19. The van der Waals surface area contributed by atoms with E-state index in [9.17, 15) is 9.59 Å². The van der Waals surface area contributed by atoms with Gasteiger partial charge in [0.15, 0.2) is 11.9 Å². The summed E-state index contributed by atoms with van der Waals surface area (Å²) in [6.07, 6.45) is 7.28. The highest BCUT2D eigenvalue weighted by Crippen LogP contribution is 2.20. The Labute approximate surface area is 147 Å². The highest BCUT2D eigenvalue weighted by atomic mass is 16.6. The van der Waals surface area contributed by atoms with Crippen LogP contribution in [0.3, 0.4) is 0 Å². The first-order valence-electron chi connectivity index (χ1n) is 8.68. The van der Waals surface area contributed by atoms with Crippen LogP contribution in [0.1, 0.15) is 64.7 Å². The van der Waals surface area contributed by atoms with Crippen molar-refractivity contribution in [2.45, 2.75) is 76.9 Å². The van der Waals surface area contributed by atoms with Crippen LogP contribution in [0.15, 0.2) is 11.5 Å². The summed E-state index contributed by atoms with van der Waals surface area (Å²) in [7, 11) is 0. The van der Waals surface area contributed by atoms with Crippen molar-refractivity contribution < 1.29 is 39.9 Å². The standard InChI is InChI=1S/C11H22O2.C6H8O6/c1-2-3-4-5-6-7-8-9-10-11(12)13;7-1-2(8)5-3(9)4(10)6(11)12-5/h2-10H2,1H3,(H,12,13);2,5,7-10H,1H2/t;2-,5+/m.0/s1. The number of cyclic esters (lactones) is 1. The lowest BCUT2D eigenvalue weighted by atomic mass is 10.1. The number of aliphatic carboxylic acids is 1. The summed E-state index contributed by atoms with van der Waals surface area (Å²) in [6, 6.07) is 0. The van der Waals surface area contributed by atoms with Gasteiger partial charge in [0.1, 0.15) is 6.10 Å². The van der Waals surface area contributed by atoms with Crippen LogP contribution in [0.25, 0.3) is 0 Å². The molecule has 146 valence electrons. The second-order valence-corrected chi connectivity index (χ2v) is 5.93. The molecule has 1 aliphatic rings. The van der Waals surface area contributed by atoms with Gasteiger partial charge in [-0.15, -0.1) is 0 Å². The third kappa shape index (κ3) is 9.93. The van der Waals surface area contributed by atoms with Crippen LogP contribution in [0.4, 0.5) is 0 Å². The summed E-state index contributed by atoms with van der Waals surface area (Å²) < 4.78 is 4.32. The second-order valence-electron chi connectivity index (χ2n) is 5.93. The van der Waals surface area contributed by atoms with Gasteiger partial charge in [-0.2, -0.15) is 0 Å². The summed E-state index contributed by atoms with van der Waals surface area (Å²) in [5.74, 6) is -3.44. The van der Waals surface area contributed by atoms with E-state index < -0.39 is 42.3 Å². The molecule has 8 nitrogen and oxygen atoms in total. The molecule has 8 heteroatoms. The van der Waals surface area contributed by atoms with Gasteiger partial charge in [0.25, 0.3) is 0 Å². The van der Waals surface area contributed by atoms with E-state index in [0.717, 1.165) is 12.8 Å². The largest absolute Gasteiger partial charge is 0.505 e. The fourth-order valence-corrected chi connectivity index (χ4v) is 2.23. The van der Waals surface area contributed by atoms with E-state index in [1.807, 2.05) is 0 Å². The van der Waals surface area contributed by atoms with Gasteiger partial charge in [0.2, 0.25) is 5.76 Å².